The Labute approximate surface area is 121 Å². The zero-order valence-electron chi connectivity index (χ0n) is 10.9. The molecule has 0 amide bonds. The molecule has 2 N–H and O–H groups in total. The summed E-state index contributed by atoms with van der Waals surface area (Å²) in [6, 6.07) is 3.51. The molecule has 1 aromatic carbocycles. The van der Waals surface area contributed by atoms with Gasteiger partial charge in [-0.3, -0.25) is 10.1 Å². The Morgan fingerprint density at radius 1 is 1.50 bits per heavy atom. The van der Waals surface area contributed by atoms with Crippen LogP contribution in [0.1, 0.15) is 6.92 Å². The van der Waals surface area contributed by atoms with Crippen LogP contribution in [0, 0.1) is 10.1 Å². The average Bonchev–Trinajstić information content (AvgIpc) is 2.38. The van der Waals surface area contributed by atoms with Gasteiger partial charge in [-0.25, -0.2) is 8.42 Å². The van der Waals surface area contributed by atoms with Gasteiger partial charge in [-0.05, 0) is 12.1 Å². The van der Waals surface area contributed by atoms with E-state index in [1.54, 1.807) is 11.8 Å². The number of sulfonamides is 1. The number of benzene rings is 1. The molecule has 7 nitrogen and oxygen atoms in total. The number of nitrogen functional groups attached to an aromatic ring is 1. The van der Waals surface area contributed by atoms with Gasteiger partial charge in [0.1, 0.15) is 5.69 Å². The molecule has 0 saturated carbocycles. The number of nitro groups is 1. The zero-order chi connectivity index (χ0) is 14.9. The minimum absolute atomic E-state index is 0.000278. The Hall–Kier alpha value is -1.32. The van der Waals surface area contributed by atoms with Crippen LogP contribution in [0.15, 0.2) is 23.1 Å². The van der Waals surface area contributed by atoms with Gasteiger partial charge in [0.25, 0.3) is 5.69 Å². The minimum Gasteiger partial charge on any atom is -0.393 e. The smallest absolute Gasteiger partial charge is 0.292 e. The molecule has 0 aromatic heterocycles. The molecule has 0 bridgehead atoms. The van der Waals surface area contributed by atoms with E-state index in [-0.39, 0.29) is 21.5 Å². The summed E-state index contributed by atoms with van der Waals surface area (Å²) in [6.07, 6.45) is 0. The first kappa shape index (κ1) is 15.1. The van der Waals surface area contributed by atoms with Gasteiger partial charge in [-0.1, -0.05) is 6.92 Å². The van der Waals surface area contributed by atoms with Crippen LogP contribution in [0.5, 0.6) is 0 Å². The van der Waals surface area contributed by atoms with E-state index >= 15 is 0 Å². The fraction of sp³-hybridized carbons (Fsp3) is 0.455. The number of hydrogen-bond acceptors (Lipinski definition) is 6. The van der Waals surface area contributed by atoms with Crippen LogP contribution in [0.25, 0.3) is 0 Å². The molecule has 9 heteroatoms. The van der Waals surface area contributed by atoms with Crippen LogP contribution >= 0.6 is 11.8 Å². The van der Waals surface area contributed by atoms with E-state index < -0.39 is 14.9 Å². The number of nitrogens with two attached hydrogens (primary N) is 1. The normalized spacial score (nSPS) is 20.8. The predicted molar refractivity (Wildman–Crippen MR) is 78.2 cm³/mol. The molecule has 1 unspecified atom stereocenters. The highest BCUT2D eigenvalue weighted by Crippen LogP contribution is 2.28. The van der Waals surface area contributed by atoms with Crippen LogP contribution in [0.2, 0.25) is 0 Å². The minimum atomic E-state index is -3.64. The summed E-state index contributed by atoms with van der Waals surface area (Å²) in [7, 11) is -3.64. The van der Waals surface area contributed by atoms with Crippen LogP contribution in [-0.4, -0.2) is 41.7 Å². The van der Waals surface area contributed by atoms with Crippen molar-refractivity contribution in [1.82, 2.24) is 4.31 Å². The van der Waals surface area contributed by atoms with Crippen molar-refractivity contribution >= 4 is 33.2 Å². The largest absolute Gasteiger partial charge is 0.393 e. The number of anilines is 1. The van der Waals surface area contributed by atoms with Gasteiger partial charge in [0, 0.05) is 30.2 Å². The standard InChI is InChI=1S/C11H15N3O4S2/c1-8-7-13(4-5-19-8)20(17,18)9-2-3-11(14(15)16)10(12)6-9/h2-3,6,8H,4-5,7,12H2,1H3. The summed E-state index contributed by atoms with van der Waals surface area (Å²) < 4.78 is 26.3. The fourth-order valence-corrected chi connectivity index (χ4v) is 4.80. The van der Waals surface area contributed by atoms with Crippen molar-refractivity contribution in [1.29, 1.82) is 0 Å². The van der Waals surface area contributed by atoms with E-state index in [1.165, 1.54) is 10.4 Å². The summed E-state index contributed by atoms with van der Waals surface area (Å²) in [5, 5.41) is 10.9. The number of nitrogens with zero attached hydrogens (tertiary/aromatic N) is 2. The maximum atomic E-state index is 12.5. The van der Waals surface area contributed by atoms with E-state index in [0.29, 0.717) is 13.1 Å². The maximum absolute atomic E-state index is 12.5. The summed E-state index contributed by atoms with van der Waals surface area (Å²) >= 11 is 1.72. The first-order chi connectivity index (χ1) is 9.32. The summed E-state index contributed by atoms with van der Waals surface area (Å²) in [6.45, 7) is 2.84. The molecule has 1 atom stereocenters. The van der Waals surface area contributed by atoms with Crippen molar-refractivity contribution in [2.24, 2.45) is 0 Å². The van der Waals surface area contributed by atoms with Crippen LogP contribution in [-0.2, 0) is 10.0 Å². The van der Waals surface area contributed by atoms with Crippen LogP contribution < -0.4 is 5.73 Å². The average molecular weight is 317 g/mol. The number of thioether (sulfide) groups is 1. The third kappa shape index (κ3) is 2.89. The lowest BCUT2D eigenvalue weighted by molar-refractivity contribution is -0.383. The van der Waals surface area contributed by atoms with Crippen molar-refractivity contribution in [3.8, 4) is 0 Å². The predicted octanol–water partition coefficient (Wildman–Crippen LogP) is 1.30. The topological polar surface area (TPSA) is 107 Å². The van der Waals surface area contributed by atoms with Crippen molar-refractivity contribution < 1.29 is 13.3 Å². The second-order valence-electron chi connectivity index (χ2n) is 4.52. The molecule has 0 spiro atoms. The van der Waals surface area contributed by atoms with Crippen molar-refractivity contribution in [2.75, 3.05) is 24.6 Å². The third-order valence-electron chi connectivity index (χ3n) is 3.04. The molecule has 20 heavy (non-hydrogen) atoms. The third-order valence-corrected chi connectivity index (χ3v) is 6.03. The first-order valence-corrected chi connectivity index (χ1v) is 8.47. The molecule has 2 rings (SSSR count). The van der Waals surface area contributed by atoms with Crippen LogP contribution in [0.3, 0.4) is 0 Å². The van der Waals surface area contributed by atoms with Crippen molar-refractivity contribution in [2.45, 2.75) is 17.1 Å². The van der Waals surface area contributed by atoms with Gasteiger partial charge in [0.05, 0.1) is 9.82 Å². The molecular weight excluding hydrogens is 302 g/mol. The number of nitro benzene ring substituents is 1. The molecule has 0 aliphatic carbocycles. The van der Waals surface area contributed by atoms with E-state index in [2.05, 4.69) is 0 Å². The highest BCUT2D eigenvalue weighted by Gasteiger charge is 2.29. The summed E-state index contributed by atoms with van der Waals surface area (Å²) in [4.78, 5) is 10.1. The molecule has 1 aliphatic rings. The van der Waals surface area contributed by atoms with E-state index in [0.717, 1.165) is 17.9 Å². The number of rotatable bonds is 3. The highest BCUT2D eigenvalue weighted by molar-refractivity contribution is 8.00. The second-order valence-corrected chi connectivity index (χ2v) is 8.01. The van der Waals surface area contributed by atoms with Crippen molar-refractivity contribution in [3.05, 3.63) is 28.3 Å². The molecule has 1 heterocycles. The Morgan fingerprint density at radius 3 is 2.75 bits per heavy atom. The number of hydrogen-bond donors (Lipinski definition) is 1. The zero-order valence-corrected chi connectivity index (χ0v) is 12.5. The summed E-state index contributed by atoms with van der Waals surface area (Å²) in [5.74, 6) is 0.739. The van der Waals surface area contributed by atoms with Gasteiger partial charge < -0.3 is 5.73 Å². The fourth-order valence-electron chi connectivity index (χ4n) is 2.01. The second kappa shape index (κ2) is 5.58. The van der Waals surface area contributed by atoms with Gasteiger partial charge in [-0.2, -0.15) is 16.1 Å². The molecule has 1 aromatic rings. The quantitative estimate of drug-likeness (QED) is 0.511. The Balaban J connectivity index is 2.34. The van der Waals surface area contributed by atoms with Gasteiger partial charge >= 0.3 is 0 Å². The Morgan fingerprint density at radius 2 is 2.20 bits per heavy atom. The van der Waals surface area contributed by atoms with E-state index in [9.17, 15) is 18.5 Å². The highest BCUT2D eigenvalue weighted by atomic mass is 32.2. The molecule has 1 saturated heterocycles. The van der Waals surface area contributed by atoms with Gasteiger partial charge in [-0.15, -0.1) is 0 Å². The lowest BCUT2D eigenvalue weighted by atomic mass is 10.3. The lowest BCUT2D eigenvalue weighted by Gasteiger charge is -2.29. The SMILES string of the molecule is CC1CN(S(=O)(=O)c2ccc([N+](=O)[O-])c(N)c2)CCS1. The maximum Gasteiger partial charge on any atom is 0.292 e. The molecule has 110 valence electrons. The summed E-state index contributed by atoms with van der Waals surface area (Å²) in [5.41, 5.74) is 5.12. The molecule has 1 fully saturated rings. The molecule has 1 aliphatic heterocycles. The first-order valence-electron chi connectivity index (χ1n) is 5.98. The van der Waals surface area contributed by atoms with E-state index in [4.69, 9.17) is 5.73 Å². The van der Waals surface area contributed by atoms with Gasteiger partial charge in [0.2, 0.25) is 10.0 Å². The Bertz CT molecular complexity index is 633. The lowest BCUT2D eigenvalue weighted by Crippen LogP contribution is -2.40. The molecule has 0 radical (unpaired) electrons. The Kier molecular flexibility index (Phi) is 4.21. The van der Waals surface area contributed by atoms with Crippen LogP contribution in [0.4, 0.5) is 11.4 Å². The molecular formula is C11H15N3O4S2. The van der Waals surface area contributed by atoms with Gasteiger partial charge in [0.15, 0.2) is 0 Å². The van der Waals surface area contributed by atoms with E-state index in [1.807, 2.05) is 6.92 Å². The monoisotopic (exact) mass is 317 g/mol. The van der Waals surface area contributed by atoms with Crippen molar-refractivity contribution in [3.63, 3.8) is 0 Å².